The molecule has 0 spiro atoms. The van der Waals surface area contributed by atoms with Gasteiger partial charge in [0.1, 0.15) is 0 Å². The summed E-state index contributed by atoms with van der Waals surface area (Å²) in [6.07, 6.45) is 1.58. The minimum absolute atomic E-state index is 0.264. The fourth-order valence-electron chi connectivity index (χ4n) is 2.54. The van der Waals surface area contributed by atoms with Gasteiger partial charge < -0.3 is 20.4 Å². The Kier molecular flexibility index (Phi) is 2.31. The fraction of sp³-hybridized carbons (Fsp3) is 0.308. The Morgan fingerprint density at radius 1 is 1.50 bits per heavy atom. The molecule has 5 heteroatoms. The Morgan fingerprint density at radius 2 is 2.28 bits per heavy atom. The molecule has 94 valence electrons. The van der Waals surface area contributed by atoms with E-state index in [4.69, 9.17) is 10.5 Å². The Labute approximate surface area is 105 Å². The molecule has 18 heavy (non-hydrogen) atoms. The van der Waals surface area contributed by atoms with Gasteiger partial charge in [-0.25, -0.2) is 4.79 Å². The highest BCUT2D eigenvalue weighted by molar-refractivity contribution is 5.86. The van der Waals surface area contributed by atoms with E-state index in [9.17, 15) is 4.79 Å². The number of ether oxygens (including phenoxy) is 1. The monoisotopic (exact) mass is 245 g/mol. The van der Waals surface area contributed by atoms with Crippen LogP contribution < -0.4 is 11.1 Å². The van der Waals surface area contributed by atoms with Crippen LogP contribution >= 0.6 is 0 Å². The van der Waals surface area contributed by atoms with Gasteiger partial charge >= 0.3 is 6.09 Å². The first-order valence-electron chi connectivity index (χ1n) is 5.88. The summed E-state index contributed by atoms with van der Waals surface area (Å²) in [7, 11) is 1.97. The highest BCUT2D eigenvalue weighted by Crippen LogP contribution is 2.34. The quantitative estimate of drug-likeness (QED) is 0.831. The van der Waals surface area contributed by atoms with E-state index < -0.39 is 11.7 Å². The number of carbonyl (C=O) groups is 1. The maximum absolute atomic E-state index is 11.3. The van der Waals surface area contributed by atoms with Crippen molar-refractivity contribution in [1.29, 1.82) is 0 Å². The van der Waals surface area contributed by atoms with E-state index in [1.165, 1.54) is 0 Å². The lowest BCUT2D eigenvalue weighted by atomic mass is 9.94. The van der Waals surface area contributed by atoms with E-state index in [1.54, 1.807) is 0 Å². The minimum atomic E-state index is -0.752. The summed E-state index contributed by atoms with van der Waals surface area (Å²) in [6, 6.07) is 8.02. The molecule has 1 aromatic heterocycles. The van der Waals surface area contributed by atoms with Crippen molar-refractivity contribution in [2.75, 3.05) is 13.1 Å². The molecular weight excluding hydrogens is 230 g/mol. The Balaban J connectivity index is 2.22. The zero-order valence-electron chi connectivity index (χ0n) is 10.1. The molecule has 2 aromatic rings. The number of carbonyl (C=O) groups excluding carboxylic acids is 1. The van der Waals surface area contributed by atoms with Crippen molar-refractivity contribution in [2.45, 2.75) is 5.60 Å². The highest BCUT2D eigenvalue weighted by atomic mass is 16.6. The van der Waals surface area contributed by atoms with Crippen LogP contribution in [0.4, 0.5) is 4.79 Å². The molecule has 5 nitrogen and oxygen atoms in total. The van der Waals surface area contributed by atoms with Gasteiger partial charge in [0, 0.05) is 36.3 Å². The van der Waals surface area contributed by atoms with Gasteiger partial charge in [-0.1, -0.05) is 18.2 Å². The number of aryl methyl sites for hydroxylation is 1. The first kappa shape index (κ1) is 11.1. The average molecular weight is 245 g/mol. The third-order valence-electron chi connectivity index (χ3n) is 3.52. The zero-order chi connectivity index (χ0) is 12.8. The Morgan fingerprint density at radius 3 is 2.94 bits per heavy atom. The molecule has 1 atom stereocenters. The maximum Gasteiger partial charge on any atom is 0.408 e. The minimum Gasteiger partial charge on any atom is -0.435 e. The molecule has 3 rings (SSSR count). The van der Waals surface area contributed by atoms with E-state index in [1.807, 2.05) is 42.1 Å². The second-order valence-corrected chi connectivity index (χ2v) is 4.61. The number of hydrogen-bond donors (Lipinski definition) is 2. The molecule has 1 amide bonds. The molecule has 0 bridgehead atoms. The number of para-hydroxylation sites is 1. The van der Waals surface area contributed by atoms with Crippen LogP contribution in [0.25, 0.3) is 10.9 Å². The van der Waals surface area contributed by atoms with Gasteiger partial charge in [0.25, 0.3) is 0 Å². The molecule has 1 saturated heterocycles. The normalized spacial score (nSPS) is 23.1. The van der Waals surface area contributed by atoms with Crippen LogP contribution in [0.1, 0.15) is 5.56 Å². The number of benzene rings is 1. The van der Waals surface area contributed by atoms with Gasteiger partial charge in [-0.2, -0.15) is 0 Å². The van der Waals surface area contributed by atoms with Gasteiger partial charge in [0.2, 0.25) is 0 Å². The van der Waals surface area contributed by atoms with Gasteiger partial charge in [0.05, 0.1) is 6.54 Å². The van der Waals surface area contributed by atoms with Gasteiger partial charge in [-0.3, -0.25) is 0 Å². The van der Waals surface area contributed by atoms with E-state index in [0.29, 0.717) is 6.54 Å². The summed E-state index contributed by atoms with van der Waals surface area (Å²) in [5.74, 6) is 0. The SMILES string of the molecule is Cn1cc(C2(CN)CNC(=O)O2)c2ccccc21. The van der Waals surface area contributed by atoms with Crippen LogP contribution in [0.5, 0.6) is 0 Å². The van der Waals surface area contributed by atoms with Crippen molar-refractivity contribution in [1.82, 2.24) is 9.88 Å². The number of alkyl carbamates (subject to hydrolysis) is 1. The van der Waals surface area contributed by atoms with Gasteiger partial charge in [-0.05, 0) is 6.07 Å². The number of fused-ring (bicyclic) bond motifs is 1. The van der Waals surface area contributed by atoms with Crippen LogP contribution in [0.3, 0.4) is 0 Å². The predicted molar refractivity (Wildman–Crippen MR) is 68.1 cm³/mol. The molecule has 1 fully saturated rings. The third kappa shape index (κ3) is 1.41. The number of aromatic nitrogens is 1. The van der Waals surface area contributed by atoms with Crippen molar-refractivity contribution in [3.05, 3.63) is 36.0 Å². The number of cyclic esters (lactones) is 1. The lowest BCUT2D eigenvalue weighted by Crippen LogP contribution is -2.38. The van der Waals surface area contributed by atoms with E-state index in [-0.39, 0.29) is 6.54 Å². The van der Waals surface area contributed by atoms with Crippen LogP contribution in [0.2, 0.25) is 0 Å². The van der Waals surface area contributed by atoms with Gasteiger partial charge in [0.15, 0.2) is 5.60 Å². The van der Waals surface area contributed by atoms with Crippen LogP contribution in [0.15, 0.2) is 30.5 Å². The van der Waals surface area contributed by atoms with Gasteiger partial charge in [-0.15, -0.1) is 0 Å². The summed E-state index contributed by atoms with van der Waals surface area (Å²) < 4.78 is 7.44. The summed E-state index contributed by atoms with van der Waals surface area (Å²) in [4.78, 5) is 11.3. The lowest BCUT2D eigenvalue weighted by molar-refractivity contribution is 0.0628. The number of nitrogens with zero attached hydrogens (tertiary/aromatic N) is 1. The molecular formula is C13H15N3O2. The van der Waals surface area contributed by atoms with Crippen LogP contribution in [-0.4, -0.2) is 23.7 Å². The van der Waals surface area contributed by atoms with Crippen molar-refractivity contribution in [3.63, 3.8) is 0 Å². The van der Waals surface area contributed by atoms with E-state index in [2.05, 4.69) is 5.32 Å². The maximum atomic E-state index is 11.3. The van der Waals surface area contributed by atoms with Crippen molar-refractivity contribution >= 4 is 17.0 Å². The Bertz CT molecular complexity index is 620. The molecule has 0 radical (unpaired) electrons. The van der Waals surface area contributed by atoms with E-state index >= 15 is 0 Å². The molecule has 2 heterocycles. The largest absolute Gasteiger partial charge is 0.435 e. The molecule has 0 saturated carbocycles. The fourth-order valence-corrected chi connectivity index (χ4v) is 2.54. The van der Waals surface area contributed by atoms with E-state index in [0.717, 1.165) is 16.5 Å². The summed E-state index contributed by atoms with van der Waals surface area (Å²) in [5.41, 5.74) is 7.14. The highest BCUT2D eigenvalue weighted by Gasteiger charge is 2.42. The molecule has 1 aliphatic heterocycles. The van der Waals surface area contributed by atoms with Crippen molar-refractivity contribution in [2.24, 2.45) is 12.8 Å². The summed E-state index contributed by atoms with van der Waals surface area (Å²) in [5, 5.41) is 3.75. The molecule has 3 N–H and O–H groups in total. The van der Waals surface area contributed by atoms with Crippen molar-refractivity contribution < 1.29 is 9.53 Å². The lowest BCUT2D eigenvalue weighted by Gasteiger charge is -2.24. The third-order valence-corrected chi connectivity index (χ3v) is 3.52. The molecule has 1 unspecified atom stereocenters. The number of nitrogens with two attached hydrogens (primary N) is 1. The van der Waals surface area contributed by atoms with Crippen molar-refractivity contribution in [3.8, 4) is 0 Å². The molecule has 1 aromatic carbocycles. The molecule has 0 aliphatic carbocycles. The van der Waals surface area contributed by atoms with Crippen LogP contribution in [0, 0.1) is 0 Å². The number of nitrogens with one attached hydrogen (secondary N) is 1. The summed E-state index contributed by atoms with van der Waals surface area (Å²) >= 11 is 0. The second-order valence-electron chi connectivity index (χ2n) is 4.61. The zero-order valence-corrected chi connectivity index (χ0v) is 10.1. The smallest absolute Gasteiger partial charge is 0.408 e. The number of amides is 1. The predicted octanol–water partition coefficient (Wildman–Crippen LogP) is 1.07. The molecule has 1 aliphatic rings. The van der Waals surface area contributed by atoms with Crippen LogP contribution in [-0.2, 0) is 17.4 Å². The summed E-state index contributed by atoms with van der Waals surface area (Å²) in [6.45, 7) is 0.677. The number of rotatable bonds is 2. The Hall–Kier alpha value is -2.01. The first-order chi connectivity index (χ1) is 8.66. The topological polar surface area (TPSA) is 69.3 Å². The number of hydrogen-bond acceptors (Lipinski definition) is 3. The first-order valence-corrected chi connectivity index (χ1v) is 5.88. The standard InChI is InChI=1S/C13H15N3O2/c1-16-6-10(9-4-2-3-5-11(9)16)13(7-14)8-15-12(17)18-13/h2-6H,7-8,14H2,1H3,(H,15,17). The second kappa shape index (κ2) is 3.74. The average Bonchev–Trinajstić information content (AvgIpc) is 2.93.